The number of carbonyl (C=O) groups excluding carboxylic acids is 1. The van der Waals surface area contributed by atoms with Crippen molar-refractivity contribution >= 4 is 13.8 Å². The van der Waals surface area contributed by atoms with E-state index in [1.807, 2.05) is 41.5 Å². The van der Waals surface area contributed by atoms with Crippen LogP contribution in [-0.4, -0.2) is 16.0 Å². The number of rotatable bonds is 4. The Kier molecular flexibility index (Phi) is 5.92. The lowest BCUT2D eigenvalue weighted by molar-refractivity contribution is -0.133. The largest absolute Gasteiger partial charge is 0.529 e. The number of hydrogen-bond donors (Lipinski definition) is 2. The molecule has 24 heavy (non-hydrogen) atoms. The molecule has 0 aliphatic rings. The van der Waals surface area contributed by atoms with Gasteiger partial charge in [-0.05, 0) is 39.7 Å². The molecule has 0 radical (unpaired) electrons. The Bertz CT molecular complexity index is 632. The van der Waals surface area contributed by atoms with Crippen LogP contribution >= 0.6 is 7.82 Å². The van der Waals surface area contributed by atoms with Gasteiger partial charge < -0.3 is 9.63 Å². The Morgan fingerprint density at radius 1 is 1.08 bits per heavy atom. The third-order valence-electron chi connectivity index (χ3n) is 3.42. The summed E-state index contributed by atoms with van der Waals surface area (Å²) in [6.45, 7) is 12.6. The first-order valence-electron chi connectivity index (χ1n) is 7.68. The predicted molar refractivity (Wildman–Crippen MR) is 91.9 cm³/mol. The van der Waals surface area contributed by atoms with Crippen molar-refractivity contribution in [2.75, 3.05) is 0 Å². The first-order chi connectivity index (χ1) is 10.6. The molecule has 1 aromatic rings. The molecular weight excluding hydrogens is 331 g/mol. The Morgan fingerprint density at radius 2 is 1.50 bits per heavy atom. The first kappa shape index (κ1) is 20.7. The van der Waals surface area contributed by atoms with Crippen LogP contribution in [0.15, 0.2) is 12.1 Å². The second-order valence-corrected chi connectivity index (χ2v) is 9.24. The Morgan fingerprint density at radius 3 is 1.83 bits per heavy atom. The van der Waals surface area contributed by atoms with E-state index in [9.17, 15) is 19.4 Å². The topological polar surface area (TPSA) is 93.1 Å². The summed E-state index contributed by atoms with van der Waals surface area (Å²) in [4.78, 5) is 20.3. The summed E-state index contributed by atoms with van der Waals surface area (Å²) in [6.07, 6.45) is 0. The summed E-state index contributed by atoms with van der Waals surface area (Å²) in [5.74, 6) is -0.678. The highest BCUT2D eigenvalue weighted by Gasteiger charge is 2.28. The molecule has 0 aliphatic heterocycles. The van der Waals surface area contributed by atoms with Gasteiger partial charge >= 0.3 is 13.8 Å². The zero-order chi connectivity index (χ0) is 18.9. The molecule has 0 aromatic heterocycles. The van der Waals surface area contributed by atoms with Gasteiger partial charge in [0.05, 0.1) is 6.61 Å². The Labute approximate surface area is 143 Å². The number of phenolic OH excluding ortho intramolecular Hbond substituents is 1. The lowest BCUT2D eigenvalue weighted by atomic mass is 9.78. The minimum Gasteiger partial charge on any atom is -0.507 e. The maximum absolute atomic E-state index is 11.7. The molecule has 0 amide bonds. The van der Waals surface area contributed by atoms with E-state index in [1.165, 1.54) is 0 Å². The van der Waals surface area contributed by atoms with Gasteiger partial charge in [-0.1, -0.05) is 41.5 Å². The molecule has 1 unspecified atom stereocenters. The summed E-state index contributed by atoms with van der Waals surface area (Å²) >= 11 is 0. The highest BCUT2D eigenvalue weighted by atomic mass is 31.2. The minimum atomic E-state index is -4.45. The van der Waals surface area contributed by atoms with Crippen LogP contribution in [-0.2, 0) is 35.8 Å². The molecule has 0 aliphatic carbocycles. The fourth-order valence-electron chi connectivity index (χ4n) is 2.27. The van der Waals surface area contributed by atoms with Crippen LogP contribution in [0, 0.1) is 0 Å². The van der Waals surface area contributed by atoms with Gasteiger partial charge in [-0.15, -0.1) is 0 Å². The van der Waals surface area contributed by atoms with E-state index in [0.717, 1.165) is 6.92 Å². The van der Waals surface area contributed by atoms with E-state index in [2.05, 4.69) is 4.52 Å². The number of aromatic hydroxyl groups is 1. The fourth-order valence-corrected chi connectivity index (χ4v) is 2.96. The quantitative estimate of drug-likeness (QED) is 0.785. The van der Waals surface area contributed by atoms with Crippen LogP contribution in [0.2, 0.25) is 0 Å². The molecule has 6 nitrogen and oxygen atoms in total. The number of phosphoric acid groups is 1. The van der Waals surface area contributed by atoms with E-state index in [1.54, 1.807) is 12.1 Å². The van der Waals surface area contributed by atoms with Gasteiger partial charge in [-0.25, -0.2) is 4.57 Å². The van der Waals surface area contributed by atoms with Crippen molar-refractivity contribution in [1.82, 2.24) is 0 Å². The molecule has 1 rings (SSSR count). The van der Waals surface area contributed by atoms with Crippen LogP contribution < -0.4 is 0 Å². The Hall–Kier alpha value is -1.36. The minimum absolute atomic E-state index is 0.214. The average molecular weight is 358 g/mol. The van der Waals surface area contributed by atoms with Crippen LogP contribution in [0.1, 0.15) is 65.2 Å². The smallest absolute Gasteiger partial charge is 0.507 e. The van der Waals surface area contributed by atoms with Gasteiger partial charge in [-0.2, -0.15) is 0 Å². The third kappa shape index (κ3) is 5.62. The molecular formula is C17H27O6P. The highest BCUT2D eigenvalue weighted by molar-refractivity contribution is 7.48. The molecule has 0 saturated carbocycles. The summed E-state index contributed by atoms with van der Waals surface area (Å²) < 4.78 is 20.8. The van der Waals surface area contributed by atoms with Crippen LogP contribution in [0.25, 0.3) is 0 Å². The molecule has 1 atom stereocenters. The zero-order valence-electron chi connectivity index (χ0n) is 15.3. The monoisotopic (exact) mass is 358 g/mol. The van der Waals surface area contributed by atoms with Gasteiger partial charge in [0.15, 0.2) is 0 Å². The van der Waals surface area contributed by atoms with Crippen LogP contribution in [0.3, 0.4) is 0 Å². The summed E-state index contributed by atoms with van der Waals surface area (Å²) in [7, 11) is -4.45. The lowest BCUT2D eigenvalue weighted by Gasteiger charge is -2.28. The summed E-state index contributed by atoms with van der Waals surface area (Å²) in [5, 5.41) is 10.6. The molecule has 0 spiro atoms. The molecule has 0 bridgehead atoms. The molecule has 136 valence electrons. The van der Waals surface area contributed by atoms with Gasteiger partial charge in [0.25, 0.3) is 0 Å². The Balaban J connectivity index is 3.25. The highest BCUT2D eigenvalue weighted by Crippen LogP contribution is 2.45. The van der Waals surface area contributed by atoms with E-state index >= 15 is 0 Å². The van der Waals surface area contributed by atoms with Crippen molar-refractivity contribution in [3.63, 3.8) is 0 Å². The molecule has 0 heterocycles. The van der Waals surface area contributed by atoms with Gasteiger partial charge in [0, 0.05) is 6.92 Å². The first-order valence-corrected chi connectivity index (χ1v) is 9.17. The lowest BCUT2D eigenvalue weighted by Crippen LogP contribution is -2.18. The van der Waals surface area contributed by atoms with Crippen molar-refractivity contribution in [3.8, 4) is 5.75 Å². The second kappa shape index (κ2) is 6.87. The van der Waals surface area contributed by atoms with E-state index in [4.69, 9.17) is 4.52 Å². The van der Waals surface area contributed by atoms with Gasteiger partial charge in [0.1, 0.15) is 5.75 Å². The van der Waals surface area contributed by atoms with Crippen molar-refractivity contribution in [2.45, 2.75) is 65.9 Å². The summed E-state index contributed by atoms with van der Waals surface area (Å²) in [5.41, 5.74) is 1.41. The normalized spacial score (nSPS) is 15.0. The van der Waals surface area contributed by atoms with Crippen LogP contribution in [0.5, 0.6) is 5.75 Å². The SMILES string of the molecule is CC(=O)OP(=O)(O)OCc1cc(C(C)(C)C)c(O)c(C(C)(C)C)c1. The van der Waals surface area contributed by atoms with Crippen LogP contribution in [0.4, 0.5) is 0 Å². The van der Waals surface area contributed by atoms with Crippen molar-refractivity contribution in [1.29, 1.82) is 0 Å². The van der Waals surface area contributed by atoms with Gasteiger partial charge in [0.2, 0.25) is 0 Å². The second-order valence-electron chi connectivity index (χ2n) is 7.86. The number of hydrogen-bond acceptors (Lipinski definition) is 5. The van der Waals surface area contributed by atoms with Gasteiger partial charge in [-0.3, -0.25) is 14.2 Å². The van der Waals surface area contributed by atoms with E-state index in [-0.39, 0.29) is 23.2 Å². The molecule has 2 N–H and O–H groups in total. The number of benzene rings is 1. The van der Waals surface area contributed by atoms with Crippen molar-refractivity contribution in [3.05, 3.63) is 28.8 Å². The zero-order valence-corrected chi connectivity index (χ0v) is 16.2. The number of carbonyl (C=O) groups is 1. The maximum Gasteiger partial charge on any atom is 0.529 e. The summed E-state index contributed by atoms with van der Waals surface area (Å²) in [6, 6.07) is 3.47. The van der Waals surface area contributed by atoms with Crippen molar-refractivity contribution < 1.29 is 28.4 Å². The molecule has 0 fully saturated rings. The van der Waals surface area contributed by atoms with E-state index < -0.39 is 13.8 Å². The molecule has 0 saturated heterocycles. The number of phosphoric ester groups is 1. The fraction of sp³-hybridized carbons (Fsp3) is 0.588. The van der Waals surface area contributed by atoms with Crippen molar-refractivity contribution in [2.24, 2.45) is 0 Å². The standard InChI is InChI=1S/C17H27O6P/c1-11(18)23-24(20,21)22-10-12-8-13(16(2,3)4)15(19)14(9-12)17(5,6)7/h8-9,19H,10H2,1-7H3,(H,20,21). The molecule has 1 aromatic carbocycles. The number of phenols is 1. The third-order valence-corrected chi connectivity index (χ3v) is 4.37. The molecule has 7 heteroatoms. The average Bonchev–Trinajstić information content (AvgIpc) is 2.33. The predicted octanol–water partition coefficient (Wildman–Crippen LogP) is 4.17. The maximum atomic E-state index is 11.7. The van der Waals surface area contributed by atoms with E-state index in [0.29, 0.717) is 16.7 Å².